The largest absolute Gasteiger partial charge is 0.371 e. The third-order valence-electron chi connectivity index (χ3n) is 5.93. The van der Waals surface area contributed by atoms with Crippen molar-refractivity contribution in [1.82, 2.24) is 24.8 Å². The quantitative estimate of drug-likeness (QED) is 0.581. The molecule has 1 aliphatic carbocycles. The van der Waals surface area contributed by atoms with Crippen molar-refractivity contribution in [2.75, 3.05) is 18.0 Å². The molecule has 0 atom stereocenters. The van der Waals surface area contributed by atoms with Gasteiger partial charge in [-0.15, -0.1) is 5.10 Å². The summed E-state index contributed by atoms with van der Waals surface area (Å²) in [7, 11) is 1.70. The van der Waals surface area contributed by atoms with E-state index in [1.54, 1.807) is 31.4 Å². The van der Waals surface area contributed by atoms with Crippen LogP contribution in [0.15, 0.2) is 35.3 Å². The van der Waals surface area contributed by atoms with Gasteiger partial charge in [-0.2, -0.15) is 5.10 Å². The summed E-state index contributed by atoms with van der Waals surface area (Å²) in [5.41, 5.74) is 1.73. The van der Waals surface area contributed by atoms with Crippen LogP contribution < -0.4 is 10.5 Å². The Morgan fingerprint density at radius 3 is 2.71 bits per heavy atom. The number of hydrogen-bond donors (Lipinski definition) is 0. The van der Waals surface area contributed by atoms with Crippen LogP contribution in [0.4, 0.5) is 10.1 Å². The second-order valence-electron chi connectivity index (χ2n) is 8.06. The van der Waals surface area contributed by atoms with Gasteiger partial charge in [0.15, 0.2) is 0 Å². The summed E-state index contributed by atoms with van der Waals surface area (Å²) in [5, 5.41) is 12.7. The van der Waals surface area contributed by atoms with E-state index >= 15 is 0 Å². The van der Waals surface area contributed by atoms with Gasteiger partial charge in [0.25, 0.3) is 5.56 Å². The summed E-state index contributed by atoms with van der Waals surface area (Å²) in [6.45, 7) is 1.66. The van der Waals surface area contributed by atoms with Gasteiger partial charge in [-0.05, 0) is 37.5 Å². The molecule has 0 bridgehead atoms. The van der Waals surface area contributed by atoms with Gasteiger partial charge in [-0.1, -0.05) is 16.8 Å². The first-order valence-electron chi connectivity index (χ1n) is 10.3. The molecule has 2 aromatic heterocycles. The summed E-state index contributed by atoms with van der Waals surface area (Å²) in [6, 6.07) is 5.94. The smallest absolute Gasteiger partial charge is 0.269 e. The summed E-state index contributed by atoms with van der Waals surface area (Å²) in [5.74, 6) is -0.499. The van der Waals surface area contributed by atoms with Crippen molar-refractivity contribution < 1.29 is 9.13 Å². The Bertz CT molecular complexity index is 1170. The lowest BCUT2D eigenvalue weighted by molar-refractivity contribution is -0.0614. The number of benzene rings is 1. The Labute approximate surface area is 183 Å². The van der Waals surface area contributed by atoms with E-state index in [9.17, 15) is 9.18 Å². The second kappa shape index (κ2) is 8.05. The molecule has 31 heavy (non-hydrogen) atoms. The van der Waals surface area contributed by atoms with Crippen LogP contribution in [0.2, 0.25) is 5.02 Å². The summed E-state index contributed by atoms with van der Waals surface area (Å²) in [4.78, 5) is 14.8. The second-order valence-corrected chi connectivity index (χ2v) is 8.49. The van der Waals surface area contributed by atoms with Crippen molar-refractivity contribution in [2.45, 2.75) is 38.0 Å². The predicted octanol–water partition coefficient (Wildman–Crippen LogP) is 2.64. The third-order valence-corrected chi connectivity index (χ3v) is 6.17. The lowest BCUT2D eigenvalue weighted by Gasteiger charge is -2.43. The van der Waals surface area contributed by atoms with E-state index in [2.05, 4.69) is 20.3 Å². The van der Waals surface area contributed by atoms with Gasteiger partial charge in [-0.25, -0.2) is 13.8 Å². The maximum atomic E-state index is 14.4. The van der Waals surface area contributed by atoms with Crippen LogP contribution in [0, 0.1) is 5.82 Å². The van der Waals surface area contributed by atoms with Crippen molar-refractivity contribution in [3.8, 4) is 11.3 Å². The highest BCUT2D eigenvalue weighted by molar-refractivity contribution is 6.30. The molecule has 0 unspecified atom stereocenters. The number of anilines is 1. The van der Waals surface area contributed by atoms with E-state index in [0.717, 1.165) is 31.6 Å². The molecule has 3 aromatic rings. The van der Waals surface area contributed by atoms with Gasteiger partial charge in [0.1, 0.15) is 11.5 Å². The number of rotatable bonds is 6. The Balaban J connectivity index is 1.32. The Morgan fingerprint density at radius 2 is 2.03 bits per heavy atom. The first-order valence-corrected chi connectivity index (χ1v) is 10.7. The molecule has 1 saturated carbocycles. The minimum Gasteiger partial charge on any atom is -0.371 e. The fourth-order valence-electron chi connectivity index (χ4n) is 3.82. The molecule has 0 amide bonds. The molecule has 5 rings (SSSR count). The molecule has 0 radical (unpaired) electrons. The average molecular weight is 445 g/mol. The molecule has 3 heterocycles. The van der Waals surface area contributed by atoms with Crippen LogP contribution in [0.3, 0.4) is 0 Å². The van der Waals surface area contributed by atoms with E-state index in [1.165, 1.54) is 21.9 Å². The molecular formula is C21H22ClFN6O2. The Kier molecular flexibility index (Phi) is 5.23. The number of halogens is 2. The van der Waals surface area contributed by atoms with E-state index < -0.39 is 5.82 Å². The normalized spacial score (nSPS) is 16.9. The molecule has 2 fully saturated rings. The van der Waals surface area contributed by atoms with Gasteiger partial charge >= 0.3 is 0 Å². The molecule has 162 valence electrons. The van der Waals surface area contributed by atoms with Crippen LogP contribution >= 0.6 is 11.6 Å². The fourth-order valence-corrected chi connectivity index (χ4v) is 3.98. The maximum Gasteiger partial charge on any atom is 0.269 e. The van der Waals surface area contributed by atoms with Gasteiger partial charge in [0.05, 0.1) is 36.3 Å². The zero-order valence-electron chi connectivity index (χ0n) is 17.0. The zero-order chi connectivity index (χ0) is 21.5. The molecule has 1 saturated heterocycles. The molecule has 0 spiro atoms. The maximum absolute atomic E-state index is 14.4. The Morgan fingerprint density at radius 1 is 1.23 bits per heavy atom. The molecule has 10 heteroatoms. The zero-order valence-corrected chi connectivity index (χ0v) is 17.8. The van der Waals surface area contributed by atoms with Crippen LogP contribution in [-0.2, 0) is 18.3 Å². The molecule has 0 N–H and O–H groups in total. The number of aromatic nitrogens is 5. The standard InChI is InChI=1S/C21H22ClFN6O2/c1-27-19(21(25-26-27)17-6-5-13(22)7-18(17)23)12-29-20(30)8-14(9-24-29)28-10-16(11-28)31-15-3-2-4-15/h5-9,15-16H,2-4,10-12H2,1H3. The van der Waals surface area contributed by atoms with Gasteiger partial charge in [-0.3, -0.25) is 4.79 Å². The highest BCUT2D eigenvalue weighted by atomic mass is 35.5. The van der Waals surface area contributed by atoms with E-state index in [1.807, 2.05) is 0 Å². The molecule has 2 aliphatic rings. The van der Waals surface area contributed by atoms with Crippen molar-refractivity contribution in [2.24, 2.45) is 7.05 Å². The molecular weight excluding hydrogens is 423 g/mol. The predicted molar refractivity (Wildman–Crippen MR) is 114 cm³/mol. The minimum absolute atomic E-state index is 0.118. The van der Waals surface area contributed by atoms with Gasteiger partial charge in [0, 0.05) is 36.8 Å². The van der Waals surface area contributed by atoms with Crippen LogP contribution in [-0.4, -0.2) is 50.1 Å². The van der Waals surface area contributed by atoms with Crippen molar-refractivity contribution in [3.05, 3.63) is 57.3 Å². The number of ether oxygens (including phenoxy) is 1. The SMILES string of the molecule is Cn1nnc(-c2ccc(Cl)cc2F)c1Cn1ncc(N2CC(OC3CCC3)C2)cc1=O. The lowest BCUT2D eigenvalue weighted by Crippen LogP contribution is -2.54. The summed E-state index contributed by atoms with van der Waals surface area (Å²) >= 11 is 5.85. The monoisotopic (exact) mass is 444 g/mol. The van der Waals surface area contributed by atoms with E-state index in [0.29, 0.717) is 22.5 Å². The van der Waals surface area contributed by atoms with Crippen LogP contribution in [0.25, 0.3) is 11.3 Å². The molecule has 1 aromatic carbocycles. The summed E-state index contributed by atoms with van der Waals surface area (Å²) in [6.07, 6.45) is 5.86. The lowest BCUT2D eigenvalue weighted by atomic mass is 9.95. The van der Waals surface area contributed by atoms with Crippen LogP contribution in [0.1, 0.15) is 25.0 Å². The third kappa shape index (κ3) is 3.95. The molecule has 8 nitrogen and oxygen atoms in total. The Hall–Kier alpha value is -2.78. The average Bonchev–Trinajstić information content (AvgIpc) is 3.01. The molecule has 1 aliphatic heterocycles. The first kappa shape index (κ1) is 20.1. The highest BCUT2D eigenvalue weighted by Crippen LogP contribution is 2.29. The van der Waals surface area contributed by atoms with Gasteiger partial charge in [0.2, 0.25) is 0 Å². The first-order chi connectivity index (χ1) is 15.0. The van der Waals surface area contributed by atoms with Crippen molar-refractivity contribution >= 4 is 17.3 Å². The van der Waals surface area contributed by atoms with Crippen LogP contribution in [0.5, 0.6) is 0 Å². The fraction of sp³-hybridized carbons (Fsp3) is 0.429. The topological polar surface area (TPSA) is 78.1 Å². The summed E-state index contributed by atoms with van der Waals surface area (Å²) < 4.78 is 23.2. The van der Waals surface area contributed by atoms with E-state index in [4.69, 9.17) is 16.3 Å². The number of hydrogen-bond acceptors (Lipinski definition) is 6. The number of nitrogens with zero attached hydrogens (tertiary/aromatic N) is 6. The van der Waals surface area contributed by atoms with Crippen molar-refractivity contribution in [1.29, 1.82) is 0 Å². The minimum atomic E-state index is -0.499. The highest BCUT2D eigenvalue weighted by Gasteiger charge is 2.32. The van der Waals surface area contributed by atoms with E-state index in [-0.39, 0.29) is 23.8 Å². The van der Waals surface area contributed by atoms with Gasteiger partial charge < -0.3 is 9.64 Å². The number of aryl methyl sites for hydroxylation is 1. The van der Waals surface area contributed by atoms with Crippen molar-refractivity contribution in [3.63, 3.8) is 0 Å².